The molecule has 0 atom stereocenters. The van der Waals surface area contributed by atoms with Crippen molar-refractivity contribution >= 4 is 35.3 Å². The Balaban J connectivity index is 2.42. The molecular formula is C16H18N2O6S. The van der Waals surface area contributed by atoms with Gasteiger partial charge in [-0.05, 0) is 36.0 Å². The van der Waals surface area contributed by atoms with Crippen molar-refractivity contribution in [3.8, 4) is 17.2 Å². The van der Waals surface area contributed by atoms with E-state index in [0.717, 1.165) is 4.90 Å². The number of ether oxygens (including phenoxy) is 3. The summed E-state index contributed by atoms with van der Waals surface area (Å²) in [7, 11) is 5.68. The van der Waals surface area contributed by atoms with Crippen molar-refractivity contribution in [3.63, 3.8) is 0 Å². The van der Waals surface area contributed by atoms with Gasteiger partial charge < -0.3 is 24.2 Å². The molecular weight excluding hydrogens is 348 g/mol. The van der Waals surface area contributed by atoms with Crippen LogP contribution in [0.2, 0.25) is 0 Å². The number of benzene rings is 1. The van der Waals surface area contributed by atoms with Crippen molar-refractivity contribution in [2.24, 2.45) is 0 Å². The van der Waals surface area contributed by atoms with Crippen molar-refractivity contribution < 1.29 is 28.9 Å². The van der Waals surface area contributed by atoms with Crippen molar-refractivity contribution in [1.29, 1.82) is 0 Å². The van der Waals surface area contributed by atoms with E-state index in [4.69, 9.17) is 21.7 Å². The minimum Gasteiger partial charge on any atom is -0.502 e. The first-order valence-corrected chi connectivity index (χ1v) is 7.57. The predicted molar refractivity (Wildman–Crippen MR) is 93.3 cm³/mol. The van der Waals surface area contributed by atoms with Gasteiger partial charge in [-0.25, -0.2) is 0 Å². The van der Waals surface area contributed by atoms with E-state index in [1.54, 1.807) is 25.3 Å². The van der Waals surface area contributed by atoms with E-state index in [1.165, 1.54) is 26.2 Å². The van der Waals surface area contributed by atoms with Gasteiger partial charge in [0.05, 0.1) is 21.3 Å². The van der Waals surface area contributed by atoms with Crippen LogP contribution in [0.25, 0.3) is 6.08 Å². The van der Waals surface area contributed by atoms with Crippen LogP contribution in [0.5, 0.6) is 17.2 Å². The molecule has 1 aromatic carbocycles. The highest BCUT2D eigenvalue weighted by molar-refractivity contribution is 7.80. The van der Waals surface area contributed by atoms with Gasteiger partial charge >= 0.3 is 5.97 Å². The fourth-order valence-electron chi connectivity index (χ4n) is 2.30. The zero-order chi connectivity index (χ0) is 18.7. The Morgan fingerprint density at radius 2 is 1.80 bits per heavy atom. The number of amides is 1. The van der Waals surface area contributed by atoms with Crippen molar-refractivity contribution in [1.82, 2.24) is 9.80 Å². The zero-order valence-corrected chi connectivity index (χ0v) is 15.0. The highest BCUT2D eigenvalue weighted by atomic mass is 32.1. The number of rotatable bonds is 5. The SMILES string of the molecule is COC(=O)CN1C(=O)/C(=C/c2cc(OC)c(O)c(OC)c2)N(C)C1=S. The van der Waals surface area contributed by atoms with Gasteiger partial charge in [-0.2, -0.15) is 0 Å². The molecule has 0 radical (unpaired) electrons. The molecule has 1 aliphatic heterocycles. The van der Waals surface area contributed by atoms with E-state index in [1.807, 2.05) is 0 Å². The standard InChI is InChI=1S/C16H18N2O6S/c1-17-10(15(21)18(16(17)25)8-13(19)24-4)5-9-6-11(22-2)14(20)12(7-9)23-3/h5-7,20H,8H2,1-4H3/b10-5-. The molecule has 0 aromatic heterocycles. The lowest BCUT2D eigenvalue weighted by Gasteiger charge is -2.14. The molecule has 0 bridgehead atoms. The number of carbonyl (C=O) groups is 2. The number of nitrogens with zero attached hydrogens (tertiary/aromatic N) is 2. The normalized spacial score (nSPS) is 15.8. The molecule has 1 fully saturated rings. The van der Waals surface area contributed by atoms with E-state index >= 15 is 0 Å². The molecule has 25 heavy (non-hydrogen) atoms. The van der Waals surface area contributed by atoms with Crippen LogP contribution in [0.4, 0.5) is 0 Å². The molecule has 0 unspecified atom stereocenters. The van der Waals surface area contributed by atoms with E-state index < -0.39 is 11.9 Å². The average Bonchev–Trinajstić information content (AvgIpc) is 2.80. The maximum atomic E-state index is 12.6. The van der Waals surface area contributed by atoms with Crippen LogP contribution in [-0.2, 0) is 14.3 Å². The summed E-state index contributed by atoms with van der Waals surface area (Å²) in [6.07, 6.45) is 1.57. The van der Waals surface area contributed by atoms with E-state index in [0.29, 0.717) is 5.56 Å². The Hall–Kier alpha value is -2.81. The second kappa shape index (κ2) is 7.39. The van der Waals surface area contributed by atoms with E-state index in [2.05, 4.69) is 4.74 Å². The number of carbonyl (C=O) groups excluding carboxylic acids is 2. The first-order chi connectivity index (χ1) is 11.8. The van der Waals surface area contributed by atoms with Gasteiger partial charge in [0.1, 0.15) is 12.2 Å². The largest absolute Gasteiger partial charge is 0.502 e. The Morgan fingerprint density at radius 1 is 1.24 bits per heavy atom. The molecule has 0 saturated carbocycles. The Bertz CT molecular complexity index is 736. The molecule has 1 heterocycles. The lowest BCUT2D eigenvalue weighted by atomic mass is 10.1. The van der Waals surface area contributed by atoms with Gasteiger partial charge in [0.15, 0.2) is 16.6 Å². The van der Waals surface area contributed by atoms with Gasteiger partial charge in [-0.3, -0.25) is 14.5 Å². The van der Waals surface area contributed by atoms with Crippen LogP contribution >= 0.6 is 12.2 Å². The summed E-state index contributed by atoms with van der Waals surface area (Å²) in [5.74, 6) is -0.732. The summed E-state index contributed by atoms with van der Waals surface area (Å²) in [6, 6.07) is 3.11. The molecule has 1 aliphatic rings. The monoisotopic (exact) mass is 366 g/mol. The Labute approximate surface area is 150 Å². The molecule has 134 valence electrons. The van der Waals surface area contributed by atoms with Crippen LogP contribution in [0.1, 0.15) is 5.56 Å². The predicted octanol–water partition coefficient (Wildman–Crippen LogP) is 0.982. The number of esters is 1. The summed E-state index contributed by atoms with van der Waals surface area (Å²) in [4.78, 5) is 26.7. The maximum Gasteiger partial charge on any atom is 0.325 e. The van der Waals surface area contributed by atoms with E-state index in [9.17, 15) is 14.7 Å². The number of hydrogen-bond donors (Lipinski definition) is 1. The molecule has 1 aromatic rings. The first kappa shape index (κ1) is 18.5. The number of phenolic OH excluding ortho intramolecular Hbond substituents is 1. The fourth-order valence-corrected chi connectivity index (χ4v) is 2.55. The number of methoxy groups -OCH3 is 3. The lowest BCUT2D eigenvalue weighted by molar-refractivity contribution is -0.143. The minimum absolute atomic E-state index is 0.138. The third kappa shape index (κ3) is 3.50. The fraction of sp³-hybridized carbons (Fsp3) is 0.312. The molecule has 1 amide bonds. The van der Waals surface area contributed by atoms with Crippen LogP contribution in [0.15, 0.2) is 17.8 Å². The highest BCUT2D eigenvalue weighted by Crippen LogP contribution is 2.38. The Kier molecular flexibility index (Phi) is 5.48. The smallest absolute Gasteiger partial charge is 0.325 e. The quantitative estimate of drug-likeness (QED) is 0.469. The second-order valence-corrected chi connectivity index (χ2v) is 5.48. The van der Waals surface area contributed by atoms with E-state index in [-0.39, 0.29) is 34.6 Å². The molecule has 0 spiro atoms. The number of hydrogen-bond acceptors (Lipinski definition) is 7. The van der Waals surface area contributed by atoms with Crippen molar-refractivity contribution in [2.45, 2.75) is 0 Å². The summed E-state index contributed by atoms with van der Waals surface area (Å²) in [5.41, 5.74) is 0.827. The maximum absolute atomic E-state index is 12.6. The lowest BCUT2D eigenvalue weighted by Crippen LogP contribution is -2.36. The summed E-state index contributed by atoms with van der Waals surface area (Å²) in [5, 5.41) is 10.2. The van der Waals surface area contributed by atoms with Crippen LogP contribution in [-0.4, -0.2) is 66.8 Å². The summed E-state index contributed by atoms with van der Waals surface area (Å²) in [6.45, 7) is -0.266. The number of thiocarbonyl (C=S) groups is 1. The third-order valence-corrected chi connectivity index (χ3v) is 4.16. The molecule has 2 rings (SSSR count). The zero-order valence-electron chi connectivity index (χ0n) is 14.2. The van der Waals surface area contributed by atoms with Crippen LogP contribution < -0.4 is 9.47 Å². The van der Waals surface area contributed by atoms with Crippen molar-refractivity contribution in [3.05, 3.63) is 23.4 Å². The minimum atomic E-state index is -0.571. The summed E-state index contributed by atoms with van der Waals surface area (Å²) >= 11 is 5.21. The Morgan fingerprint density at radius 3 is 2.28 bits per heavy atom. The van der Waals surface area contributed by atoms with Gasteiger partial charge in [0.25, 0.3) is 5.91 Å². The first-order valence-electron chi connectivity index (χ1n) is 7.17. The number of phenols is 1. The van der Waals surface area contributed by atoms with Gasteiger partial charge in [-0.1, -0.05) is 0 Å². The molecule has 8 nitrogen and oxygen atoms in total. The van der Waals surface area contributed by atoms with Gasteiger partial charge in [0.2, 0.25) is 5.75 Å². The molecule has 1 N–H and O–H groups in total. The van der Waals surface area contributed by atoms with Crippen LogP contribution in [0.3, 0.4) is 0 Å². The average molecular weight is 366 g/mol. The number of likely N-dealkylation sites (N-methyl/N-ethyl adjacent to an activating group) is 1. The highest BCUT2D eigenvalue weighted by Gasteiger charge is 2.37. The van der Waals surface area contributed by atoms with Crippen LogP contribution in [0, 0.1) is 0 Å². The second-order valence-electron chi connectivity index (χ2n) is 5.11. The molecule has 0 aliphatic carbocycles. The molecule has 1 saturated heterocycles. The number of aromatic hydroxyl groups is 1. The third-order valence-electron chi connectivity index (χ3n) is 3.66. The van der Waals surface area contributed by atoms with Crippen molar-refractivity contribution in [2.75, 3.05) is 34.9 Å². The topological polar surface area (TPSA) is 88.5 Å². The van der Waals surface area contributed by atoms with Gasteiger partial charge in [-0.15, -0.1) is 0 Å². The van der Waals surface area contributed by atoms with Gasteiger partial charge in [0, 0.05) is 7.05 Å². The summed E-state index contributed by atoms with van der Waals surface area (Å²) < 4.78 is 14.8. The molecule has 9 heteroatoms.